The second-order valence-electron chi connectivity index (χ2n) is 5.10. The lowest BCUT2D eigenvalue weighted by molar-refractivity contribution is 0.0606. The van der Waals surface area contributed by atoms with E-state index in [1.54, 1.807) is 7.11 Å². The van der Waals surface area contributed by atoms with Gasteiger partial charge in [-0.15, -0.1) is 0 Å². The Bertz CT molecular complexity index is 381. The van der Waals surface area contributed by atoms with Crippen LogP contribution >= 0.6 is 0 Å². The van der Waals surface area contributed by atoms with Gasteiger partial charge in [0.15, 0.2) is 0 Å². The van der Waals surface area contributed by atoms with Gasteiger partial charge in [-0.2, -0.15) is 0 Å². The topological polar surface area (TPSA) is 37.4 Å². The summed E-state index contributed by atoms with van der Waals surface area (Å²) in [5.74, 6) is 0. The van der Waals surface area contributed by atoms with Crippen molar-refractivity contribution in [1.29, 1.82) is 0 Å². The van der Waals surface area contributed by atoms with E-state index >= 15 is 0 Å². The van der Waals surface area contributed by atoms with E-state index in [4.69, 9.17) is 4.74 Å². The molecule has 0 aliphatic heterocycles. The van der Waals surface area contributed by atoms with Crippen LogP contribution in [0.3, 0.4) is 0 Å². The van der Waals surface area contributed by atoms with Crippen molar-refractivity contribution in [1.82, 2.24) is 4.98 Å². The van der Waals surface area contributed by atoms with Crippen LogP contribution in [-0.2, 0) is 4.74 Å². The van der Waals surface area contributed by atoms with Crippen molar-refractivity contribution in [3.63, 3.8) is 0 Å². The first-order valence-corrected chi connectivity index (χ1v) is 6.63. The summed E-state index contributed by atoms with van der Waals surface area (Å²) >= 11 is 0. The molecule has 1 aliphatic rings. The van der Waals surface area contributed by atoms with Gasteiger partial charge in [-0.25, -0.2) is 0 Å². The zero-order chi connectivity index (χ0) is 13.0. The average molecular weight is 249 g/mol. The quantitative estimate of drug-likeness (QED) is 0.889. The summed E-state index contributed by atoms with van der Waals surface area (Å²) in [5.41, 5.74) is 2.27. The van der Waals surface area contributed by atoms with Gasteiger partial charge in [0.2, 0.25) is 0 Å². The highest BCUT2D eigenvalue weighted by atomic mass is 16.5. The Morgan fingerprint density at radius 2 is 2.11 bits per heavy atom. The molecule has 4 nitrogen and oxygen atoms in total. The van der Waals surface area contributed by atoms with Crippen molar-refractivity contribution < 1.29 is 4.74 Å². The molecule has 2 unspecified atom stereocenters. The molecule has 1 aromatic heterocycles. The summed E-state index contributed by atoms with van der Waals surface area (Å²) in [6.45, 7) is 0. The molecule has 1 heterocycles. The number of ether oxygens (including phenoxy) is 1. The Morgan fingerprint density at radius 3 is 2.83 bits per heavy atom. The van der Waals surface area contributed by atoms with Gasteiger partial charge in [-0.3, -0.25) is 4.98 Å². The van der Waals surface area contributed by atoms with E-state index in [1.165, 1.54) is 24.9 Å². The van der Waals surface area contributed by atoms with Crippen LogP contribution in [0.2, 0.25) is 0 Å². The number of nitrogens with zero attached hydrogens (tertiary/aromatic N) is 2. The molecule has 2 rings (SSSR count). The normalized spacial score (nSPS) is 23.7. The van der Waals surface area contributed by atoms with E-state index in [-0.39, 0.29) is 0 Å². The first-order valence-electron chi connectivity index (χ1n) is 6.63. The van der Waals surface area contributed by atoms with Crippen LogP contribution < -0.4 is 10.2 Å². The van der Waals surface area contributed by atoms with Gasteiger partial charge in [-0.1, -0.05) is 12.8 Å². The van der Waals surface area contributed by atoms with Crippen molar-refractivity contribution in [2.75, 3.05) is 31.4 Å². The maximum absolute atomic E-state index is 5.58. The summed E-state index contributed by atoms with van der Waals surface area (Å²) < 4.78 is 5.58. The monoisotopic (exact) mass is 249 g/mol. The number of hydrogen-bond donors (Lipinski definition) is 1. The molecular formula is C14H23N3O. The number of anilines is 2. The molecule has 4 heteroatoms. The third kappa shape index (κ3) is 2.93. The van der Waals surface area contributed by atoms with Crippen LogP contribution in [0.5, 0.6) is 0 Å². The zero-order valence-electron chi connectivity index (χ0n) is 11.5. The van der Waals surface area contributed by atoms with Gasteiger partial charge < -0.3 is 15.0 Å². The molecule has 0 amide bonds. The molecule has 2 atom stereocenters. The van der Waals surface area contributed by atoms with Crippen molar-refractivity contribution in [2.45, 2.75) is 37.8 Å². The van der Waals surface area contributed by atoms with E-state index in [0.29, 0.717) is 12.1 Å². The Kier molecular flexibility index (Phi) is 4.42. The molecule has 1 fully saturated rings. The fourth-order valence-electron chi connectivity index (χ4n) is 2.63. The second kappa shape index (κ2) is 6.05. The van der Waals surface area contributed by atoms with Gasteiger partial charge >= 0.3 is 0 Å². The summed E-state index contributed by atoms with van der Waals surface area (Å²) in [6, 6.07) is 2.43. The largest absolute Gasteiger partial charge is 0.379 e. The van der Waals surface area contributed by atoms with Crippen LogP contribution in [0, 0.1) is 0 Å². The second-order valence-corrected chi connectivity index (χ2v) is 5.10. The first kappa shape index (κ1) is 13.1. The summed E-state index contributed by atoms with van der Waals surface area (Å²) in [7, 11) is 5.91. The molecule has 0 aromatic carbocycles. The predicted molar refractivity (Wildman–Crippen MR) is 75.2 cm³/mol. The average Bonchev–Trinajstić information content (AvgIpc) is 2.40. The molecule has 0 radical (unpaired) electrons. The number of pyridine rings is 1. The summed E-state index contributed by atoms with van der Waals surface area (Å²) in [5, 5.41) is 3.60. The minimum absolute atomic E-state index is 0.314. The molecule has 0 spiro atoms. The molecule has 1 aromatic rings. The zero-order valence-corrected chi connectivity index (χ0v) is 11.5. The van der Waals surface area contributed by atoms with Crippen molar-refractivity contribution >= 4 is 11.4 Å². The van der Waals surface area contributed by atoms with E-state index in [1.807, 2.05) is 18.5 Å². The fraction of sp³-hybridized carbons (Fsp3) is 0.643. The molecule has 0 saturated heterocycles. The smallest absolute Gasteiger partial charge is 0.0772 e. The van der Waals surface area contributed by atoms with Crippen LogP contribution in [0.15, 0.2) is 18.5 Å². The molecule has 1 N–H and O–H groups in total. The Labute approximate surface area is 109 Å². The minimum Gasteiger partial charge on any atom is -0.379 e. The number of methoxy groups -OCH3 is 1. The highest BCUT2D eigenvalue weighted by Gasteiger charge is 2.25. The first-order chi connectivity index (χ1) is 8.72. The van der Waals surface area contributed by atoms with E-state index in [9.17, 15) is 0 Å². The summed E-state index contributed by atoms with van der Waals surface area (Å²) in [6.07, 6.45) is 8.89. The molecule has 0 bridgehead atoms. The lowest BCUT2D eigenvalue weighted by atomic mass is 9.92. The minimum atomic E-state index is 0.314. The Balaban J connectivity index is 2.12. The molecule has 100 valence electrons. The Morgan fingerprint density at radius 1 is 1.33 bits per heavy atom. The van der Waals surface area contributed by atoms with Crippen LogP contribution in [-0.4, -0.2) is 38.3 Å². The maximum atomic E-state index is 5.58. The van der Waals surface area contributed by atoms with Crippen LogP contribution in [0.4, 0.5) is 11.4 Å². The van der Waals surface area contributed by atoms with E-state index in [2.05, 4.69) is 29.3 Å². The highest BCUT2D eigenvalue weighted by molar-refractivity contribution is 5.68. The molecule has 18 heavy (non-hydrogen) atoms. The van der Waals surface area contributed by atoms with Gasteiger partial charge in [0, 0.05) is 27.4 Å². The SMILES string of the molecule is COC1CCCCC1Nc1cnccc1N(C)C. The lowest BCUT2D eigenvalue weighted by Gasteiger charge is -2.32. The highest BCUT2D eigenvalue weighted by Crippen LogP contribution is 2.28. The third-order valence-electron chi connectivity index (χ3n) is 3.63. The van der Waals surface area contributed by atoms with Gasteiger partial charge in [0.1, 0.15) is 0 Å². The fourth-order valence-corrected chi connectivity index (χ4v) is 2.63. The Hall–Kier alpha value is -1.29. The number of aromatic nitrogens is 1. The van der Waals surface area contributed by atoms with E-state index < -0.39 is 0 Å². The van der Waals surface area contributed by atoms with Crippen LogP contribution in [0.1, 0.15) is 25.7 Å². The lowest BCUT2D eigenvalue weighted by Crippen LogP contribution is -2.38. The third-order valence-corrected chi connectivity index (χ3v) is 3.63. The van der Waals surface area contributed by atoms with Crippen molar-refractivity contribution in [2.24, 2.45) is 0 Å². The van der Waals surface area contributed by atoms with E-state index in [0.717, 1.165) is 12.1 Å². The molecule has 1 saturated carbocycles. The number of nitrogens with one attached hydrogen (secondary N) is 1. The standard InChI is InChI=1S/C14H23N3O/c1-17(2)13-8-9-15-10-12(13)16-11-6-4-5-7-14(11)18-3/h8-11,14,16H,4-7H2,1-3H3. The number of hydrogen-bond acceptors (Lipinski definition) is 4. The predicted octanol–water partition coefficient (Wildman–Crippen LogP) is 2.52. The maximum Gasteiger partial charge on any atom is 0.0772 e. The molecule has 1 aliphatic carbocycles. The number of rotatable bonds is 4. The van der Waals surface area contributed by atoms with Gasteiger partial charge in [-0.05, 0) is 18.9 Å². The molecular weight excluding hydrogens is 226 g/mol. The van der Waals surface area contributed by atoms with Crippen molar-refractivity contribution in [3.05, 3.63) is 18.5 Å². The summed E-state index contributed by atoms with van der Waals surface area (Å²) in [4.78, 5) is 6.32. The van der Waals surface area contributed by atoms with Gasteiger partial charge in [0.25, 0.3) is 0 Å². The van der Waals surface area contributed by atoms with Crippen molar-refractivity contribution in [3.8, 4) is 0 Å². The van der Waals surface area contributed by atoms with Gasteiger partial charge in [0.05, 0.1) is 29.7 Å². The van der Waals surface area contributed by atoms with Crippen LogP contribution in [0.25, 0.3) is 0 Å².